The minimum Gasteiger partial charge on any atom is -0.294 e. The smallest absolute Gasteiger partial charge is 0.294 e. The largest absolute Gasteiger partial charge is 0.348 e. The third-order valence-electron chi connectivity index (χ3n) is 1.64. The molecule has 0 aliphatic heterocycles. The van der Waals surface area contributed by atoms with Gasteiger partial charge in [0, 0.05) is 17.9 Å². The molecule has 0 N–H and O–H groups in total. The van der Waals surface area contributed by atoms with E-state index in [0.717, 1.165) is 5.56 Å². The maximum Gasteiger partial charge on any atom is 0.348 e. The molecule has 0 spiro atoms. The van der Waals surface area contributed by atoms with E-state index in [1.54, 1.807) is 10.8 Å². The van der Waals surface area contributed by atoms with Crippen LogP contribution in [0.1, 0.15) is 26.3 Å². The maximum atomic E-state index is 11.3. The lowest BCUT2D eigenvalue weighted by atomic mass is 10.1. The van der Waals surface area contributed by atoms with Crippen LogP contribution in [0.4, 0.5) is 0 Å². The van der Waals surface area contributed by atoms with E-state index >= 15 is 0 Å². The van der Waals surface area contributed by atoms with Crippen molar-refractivity contribution in [3.8, 4) is 0 Å². The minimum absolute atomic E-state index is 0.184. The lowest BCUT2D eigenvalue weighted by Gasteiger charge is -2.21. The summed E-state index contributed by atoms with van der Waals surface area (Å²) in [5.74, 6) is 0. The summed E-state index contributed by atoms with van der Waals surface area (Å²) in [5, 5.41) is 0. The van der Waals surface area contributed by atoms with E-state index < -0.39 is 0 Å². The summed E-state index contributed by atoms with van der Waals surface area (Å²) in [5.41, 5.74) is 0.633. The molecule has 1 aromatic heterocycles. The average Bonchev–Trinajstić information content (AvgIpc) is 1.92. The van der Waals surface area contributed by atoms with Gasteiger partial charge in [-0.3, -0.25) is 4.57 Å². The summed E-state index contributed by atoms with van der Waals surface area (Å²) in [6, 6.07) is 0. The van der Waals surface area contributed by atoms with Crippen LogP contribution in [0.15, 0.2) is 17.2 Å². The van der Waals surface area contributed by atoms with Crippen molar-refractivity contribution in [1.29, 1.82) is 0 Å². The van der Waals surface area contributed by atoms with Crippen LogP contribution in [-0.2, 0) is 5.54 Å². The lowest BCUT2D eigenvalue weighted by molar-refractivity contribution is 0.376. The molecule has 0 saturated carbocycles. The van der Waals surface area contributed by atoms with Gasteiger partial charge < -0.3 is 0 Å². The number of nitrogens with zero attached hydrogens (tertiary/aromatic N) is 2. The van der Waals surface area contributed by atoms with E-state index in [1.807, 2.05) is 33.9 Å². The van der Waals surface area contributed by atoms with Crippen LogP contribution in [0.2, 0.25) is 0 Å². The zero-order chi connectivity index (χ0) is 9.35. The highest BCUT2D eigenvalue weighted by molar-refractivity contribution is 5.01. The van der Waals surface area contributed by atoms with Crippen LogP contribution in [0.25, 0.3) is 0 Å². The second-order valence-corrected chi connectivity index (χ2v) is 3.95. The molecule has 3 heteroatoms. The standard InChI is InChI=1S/C9H14N2O/c1-7-5-10-8(12)11(6-7)9(2,3)4/h5-6H,1-4H3. The highest BCUT2D eigenvalue weighted by Gasteiger charge is 2.14. The van der Waals surface area contributed by atoms with Crippen molar-refractivity contribution >= 4 is 0 Å². The third kappa shape index (κ3) is 1.72. The maximum absolute atomic E-state index is 11.3. The zero-order valence-electron chi connectivity index (χ0n) is 7.96. The van der Waals surface area contributed by atoms with Crippen LogP contribution in [0.3, 0.4) is 0 Å². The predicted molar refractivity (Wildman–Crippen MR) is 48.2 cm³/mol. The van der Waals surface area contributed by atoms with Gasteiger partial charge in [0.15, 0.2) is 0 Å². The molecular formula is C9H14N2O. The summed E-state index contributed by atoms with van der Waals surface area (Å²) in [6.45, 7) is 7.87. The highest BCUT2D eigenvalue weighted by Crippen LogP contribution is 2.09. The van der Waals surface area contributed by atoms with Crippen LogP contribution in [-0.4, -0.2) is 9.55 Å². The average molecular weight is 166 g/mol. The number of hydrogen-bond donors (Lipinski definition) is 0. The van der Waals surface area contributed by atoms with E-state index in [2.05, 4.69) is 4.98 Å². The second-order valence-electron chi connectivity index (χ2n) is 3.95. The van der Waals surface area contributed by atoms with Crippen molar-refractivity contribution in [3.63, 3.8) is 0 Å². The van der Waals surface area contributed by atoms with Gasteiger partial charge in [0.2, 0.25) is 0 Å². The fraction of sp³-hybridized carbons (Fsp3) is 0.556. The molecule has 0 saturated heterocycles. The quantitative estimate of drug-likeness (QED) is 0.582. The van der Waals surface area contributed by atoms with Gasteiger partial charge in [-0.25, -0.2) is 9.78 Å². The van der Waals surface area contributed by atoms with Crippen LogP contribution >= 0.6 is 0 Å². The van der Waals surface area contributed by atoms with Gasteiger partial charge in [-0.1, -0.05) is 0 Å². The van der Waals surface area contributed by atoms with Crippen molar-refractivity contribution in [2.45, 2.75) is 33.2 Å². The Morgan fingerprint density at radius 1 is 1.42 bits per heavy atom. The third-order valence-corrected chi connectivity index (χ3v) is 1.64. The molecule has 0 aromatic carbocycles. The van der Waals surface area contributed by atoms with Gasteiger partial charge in [0.05, 0.1) is 0 Å². The Labute approximate surface area is 72.1 Å². The van der Waals surface area contributed by atoms with Gasteiger partial charge >= 0.3 is 5.69 Å². The van der Waals surface area contributed by atoms with Crippen molar-refractivity contribution < 1.29 is 0 Å². The molecule has 0 atom stereocenters. The normalized spacial score (nSPS) is 11.7. The molecule has 1 aromatic rings. The molecule has 66 valence electrons. The van der Waals surface area contributed by atoms with E-state index in [9.17, 15) is 4.79 Å². The molecule has 1 heterocycles. The summed E-state index contributed by atoms with van der Waals surface area (Å²) in [4.78, 5) is 15.0. The first-order valence-electron chi connectivity index (χ1n) is 3.97. The first-order chi connectivity index (χ1) is 5.41. The Kier molecular flexibility index (Phi) is 2.04. The van der Waals surface area contributed by atoms with Crippen molar-refractivity contribution in [1.82, 2.24) is 9.55 Å². The first-order valence-corrected chi connectivity index (χ1v) is 3.97. The van der Waals surface area contributed by atoms with Crippen molar-refractivity contribution in [2.24, 2.45) is 0 Å². The molecule has 12 heavy (non-hydrogen) atoms. The molecule has 0 unspecified atom stereocenters. The minimum atomic E-state index is -0.187. The van der Waals surface area contributed by atoms with Gasteiger partial charge in [-0.2, -0.15) is 0 Å². The summed E-state index contributed by atoms with van der Waals surface area (Å²) < 4.78 is 1.64. The van der Waals surface area contributed by atoms with E-state index in [1.165, 1.54) is 0 Å². The number of rotatable bonds is 0. The number of aromatic nitrogens is 2. The number of hydrogen-bond acceptors (Lipinski definition) is 2. The molecule has 0 aliphatic carbocycles. The van der Waals surface area contributed by atoms with Gasteiger partial charge in [0.1, 0.15) is 0 Å². The molecule has 0 amide bonds. The van der Waals surface area contributed by atoms with Crippen LogP contribution in [0, 0.1) is 6.92 Å². The molecule has 0 bridgehead atoms. The second kappa shape index (κ2) is 2.73. The van der Waals surface area contributed by atoms with Crippen LogP contribution in [0.5, 0.6) is 0 Å². The molecule has 0 aliphatic rings. The fourth-order valence-electron chi connectivity index (χ4n) is 0.992. The Hall–Kier alpha value is -1.12. The molecule has 0 radical (unpaired) electrons. The summed E-state index contributed by atoms with van der Waals surface area (Å²) in [7, 11) is 0. The van der Waals surface area contributed by atoms with Gasteiger partial charge in [-0.05, 0) is 33.3 Å². The Balaban J connectivity index is 3.33. The molecule has 0 fully saturated rings. The first kappa shape index (κ1) is 8.97. The van der Waals surface area contributed by atoms with E-state index in [-0.39, 0.29) is 11.2 Å². The lowest BCUT2D eigenvalue weighted by Crippen LogP contribution is -2.34. The highest BCUT2D eigenvalue weighted by atomic mass is 16.1. The monoisotopic (exact) mass is 166 g/mol. The van der Waals surface area contributed by atoms with E-state index in [0.29, 0.717) is 0 Å². The van der Waals surface area contributed by atoms with Gasteiger partial charge in [0.25, 0.3) is 0 Å². The van der Waals surface area contributed by atoms with Crippen molar-refractivity contribution in [2.75, 3.05) is 0 Å². The summed E-state index contributed by atoms with van der Waals surface area (Å²) in [6.07, 6.45) is 3.42. The zero-order valence-corrected chi connectivity index (χ0v) is 7.96. The van der Waals surface area contributed by atoms with E-state index in [4.69, 9.17) is 0 Å². The molecule has 3 nitrogen and oxygen atoms in total. The van der Waals surface area contributed by atoms with Crippen molar-refractivity contribution in [3.05, 3.63) is 28.4 Å². The Bertz CT molecular complexity index is 333. The van der Waals surface area contributed by atoms with Gasteiger partial charge in [-0.15, -0.1) is 0 Å². The molecular weight excluding hydrogens is 152 g/mol. The Morgan fingerprint density at radius 2 is 2.00 bits per heavy atom. The Morgan fingerprint density at radius 3 is 2.42 bits per heavy atom. The summed E-state index contributed by atoms with van der Waals surface area (Å²) >= 11 is 0. The molecule has 1 rings (SSSR count). The predicted octanol–water partition coefficient (Wildman–Crippen LogP) is 1.31. The van der Waals surface area contributed by atoms with Crippen LogP contribution < -0.4 is 5.69 Å². The topological polar surface area (TPSA) is 34.9 Å². The fourth-order valence-corrected chi connectivity index (χ4v) is 0.992. The SMILES string of the molecule is Cc1cnc(=O)n(C(C)(C)C)c1. The number of aryl methyl sites for hydroxylation is 1.